The molecule has 2 rings (SSSR count). The van der Waals surface area contributed by atoms with Crippen molar-refractivity contribution in [2.75, 3.05) is 5.73 Å². The average molecular weight is 163 g/mol. The van der Waals surface area contributed by atoms with Gasteiger partial charge < -0.3 is 5.73 Å². The predicted molar refractivity (Wildman–Crippen MR) is 42.4 cm³/mol. The highest BCUT2D eigenvalue weighted by Crippen LogP contribution is 2.00. The van der Waals surface area contributed by atoms with Crippen molar-refractivity contribution in [2.24, 2.45) is 0 Å². The third-order valence-corrected chi connectivity index (χ3v) is 1.44. The van der Waals surface area contributed by atoms with Crippen LogP contribution in [0.1, 0.15) is 0 Å². The molecule has 0 bridgehead atoms. The van der Waals surface area contributed by atoms with E-state index in [9.17, 15) is 4.79 Å². The summed E-state index contributed by atoms with van der Waals surface area (Å²) in [5.74, 6) is 0. The van der Waals surface area contributed by atoms with Crippen LogP contribution in [0.25, 0.3) is 11.2 Å². The number of nitrogens with zero attached hydrogens (tertiary/aromatic N) is 3. The molecule has 12 heavy (non-hydrogen) atoms. The maximum absolute atomic E-state index is 11.0. The minimum Gasteiger partial charge on any atom is -0.394 e. The zero-order valence-corrected chi connectivity index (χ0v) is 5.98. The minimum absolute atomic E-state index is 0.0985. The summed E-state index contributed by atoms with van der Waals surface area (Å²) in [5.41, 5.74) is 5.81. The van der Waals surface area contributed by atoms with Crippen molar-refractivity contribution in [3.05, 3.63) is 22.5 Å². The van der Waals surface area contributed by atoms with Crippen LogP contribution in [0.15, 0.2) is 16.9 Å². The lowest BCUT2D eigenvalue weighted by Crippen LogP contribution is -2.07. The molecule has 0 spiro atoms. The number of aromatic nitrogens is 4. The Morgan fingerprint density at radius 3 is 3.08 bits per heavy atom. The average Bonchev–Trinajstić information content (AvgIpc) is 2.43. The van der Waals surface area contributed by atoms with Crippen LogP contribution in [-0.2, 0) is 0 Å². The molecule has 60 valence electrons. The zero-order valence-electron chi connectivity index (χ0n) is 5.98. The van der Waals surface area contributed by atoms with Gasteiger partial charge in [-0.1, -0.05) is 5.21 Å². The van der Waals surface area contributed by atoms with Gasteiger partial charge >= 0.3 is 0 Å². The number of fused-ring (bicyclic) bond motifs is 1. The summed E-state index contributed by atoms with van der Waals surface area (Å²) >= 11 is 0. The molecular formula is C6H5N5O. The highest BCUT2D eigenvalue weighted by molar-refractivity contribution is 5.68. The van der Waals surface area contributed by atoms with E-state index in [0.29, 0.717) is 5.52 Å². The largest absolute Gasteiger partial charge is 0.394 e. The Bertz CT molecular complexity index is 477. The zero-order chi connectivity index (χ0) is 8.55. The van der Waals surface area contributed by atoms with Gasteiger partial charge in [0.2, 0.25) is 5.65 Å². The maximum atomic E-state index is 11.0. The summed E-state index contributed by atoms with van der Waals surface area (Å²) in [7, 11) is 0. The second kappa shape index (κ2) is 2.26. The molecule has 0 aliphatic heterocycles. The molecule has 0 aromatic carbocycles. The molecular weight excluding hydrogens is 158 g/mol. The predicted octanol–water partition coefficient (Wildman–Crippen LogP) is -0.705. The Morgan fingerprint density at radius 2 is 2.25 bits per heavy atom. The Hall–Kier alpha value is -1.98. The molecule has 6 heteroatoms. The molecule has 2 aromatic heterocycles. The lowest BCUT2D eigenvalue weighted by molar-refractivity contribution is 0.952. The van der Waals surface area contributed by atoms with E-state index in [-0.39, 0.29) is 11.3 Å². The van der Waals surface area contributed by atoms with Crippen molar-refractivity contribution in [3.63, 3.8) is 0 Å². The van der Waals surface area contributed by atoms with Crippen molar-refractivity contribution in [3.8, 4) is 0 Å². The van der Waals surface area contributed by atoms with E-state index in [1.54, 1.807) is 6.07 Å². The number of H-pyrrole nitrogens is 1. The van der Waals surface area contributed by atoms with Crippen LogP contribution >= 0.6 is 0 Å². The molecule has 0 aliphatic carbocycles. The van der Waals surface area contributed by atoms with Gasteiger partial charge in [-0.05, 0) is 12.1 Å². The Kier molecular flexibility index (Phi) is 1.26. The van der Waals surface area contributed by atoms with E-state index in [0.717, 1.165) is 0 Å². The van der Waals surface area contributed by atoms with Crippen molar-refractivity contribution < 1.29 is 0 Å². The summed E-state index contributed by atoms with van der Waals surface area (Å²) in [4.78, 5) is 14.6. The summed E-state index contributed by atoms with van der Waals surface area (Å²) in [6.07, 6.45) is 0. The van der Waals surface area contributed by atoms with Gasteiger partial charge in [-0.3, -0.25) is 9.89 Å². The molecule has 0 saturated heterocycles. The SMILES string of the molecule is Nc1ccc2[nH]nnc2nc1=O. The summed E-state index contributed by atoms with van der Waals surface area (Å²) in [5, 5.41) is 9.65. The number of anilines is 1. The molecule has 0 amide bonds. The third kappa shape index (κ3) is 0.895. The van der Waals surface area contributed by atoms with Crippen LogP contribution in [0.2, 0.25) is 0 Å². The van der Waals surface area contributed by atoms with Crippen LogP contribution in [0, 0.1) is 0 Å². The summed E-state index contributed by atoms with van der Waals surface area (Å²) in [6, 6.07) is 3.08. The minimum atomic E-state index is -0.487. The number of nitrogen functional groups attached to an aromatic ring is 1. The van der Waals surface area contributed by atoms with Crippen molar-refractivity contribution in [1.82, 2.24) is 20.4 Å². The second-order valence-electron chi connectivity index (χ2n) is 2.25. The number of nitrogens with two attached hydrogens (primary N) is 1. The fourth-order valence-corrected chi connectivity index (χ4v) is 0.830. The van der Waals surface area contributed by atoms with E-state index >= 15 is 0 Å². The van der Waals surface area contributed by atoms with Crippen molar-refractivity contribution in [2.45, 2.75) is 0 Å². The molecule has 0 aliphatic rings. The summed E-state index contributed by atoms with van der Waals surface area (Å²) < 4.78 is 0. The van der Waals surface area contributed by atoms with Gasteiger partial charge in [0.05, 0.1) is 5.69 Å². The molecule has 0 radical (unpaired) electrons. The molecule has 0 unspecified atom stereocenters. The second-order valence-corrected chi connectivity index (χ2v) is 2.25. The van der Waals surface area contributed by atoms with Crippen LogP contribution < -0.4 is 11.3 Å². The van der Waals surface area contributed by atoms with E-state index < -0.39 is 5.56 Å². The number of rotatable bonds is 0. The van der Waals surface area contributed by atoms with E-state index in [1.807, 2.05) is 0 Å². The quantitative estimate of drug-likeness (QED) is 0.535. The lowest BCUT2D eigenvalue weighted by atomic mass is 10.4. The monoisotopic (exact) mass is 163 g/mol. The first-order chi connectivity index (χ1) is 5.77. The third-order valence-electron chi connectivity index (χ3n) is 1.44. The van der Waals surface area contributed by atoms with Crippen LogP contribution in [-0.4, -0.2) is 20.4 Å². The van der Waals surface area contributed by atoms with Gasteiger partial charge in [0.1, 0.15) is 5.52 Å². The number of hydrogen-bond acceptors (Lipinski definition) is 5. The van der Waals surface area contributed by atoms with Crippen molar-refractivity contribution in [1.29, 1.82) is 0 Å². The van der Waals surface area contributed by atoms with Gasteiger partial charge in [-0.15, -0.1) is 5.10 Å². The first-order valence-corrected chi connectivity index (χ1v) is 3.25. The standard InChI is InChI=1S/C6H5N5O/c7-3-1-2-4-5(8-6(3)12)10-11-9-4/h1-2H,(H3,7,8,9,10,11,12). The Balaban J connectivity index is 2.98. The molecule has 0 fully saturated rings. The first kappa shape index (κ1) is 6.71. The number of nitrogens with one attached hydrogen (secondary N) is 1. The molecule has 0 saturated carbocycles. The van der Waals surface area contributed by atoms with Crippen molar-refractivity contribution >= 4 is 16.9 Å². The van der Waals surface area contributed by atoms with E-state index in [4.69, 9.17) is 5.73 Å². The highest BCUT2D eigenvalue weighted by atomic mass is 16.1. The van der Waals surface area contributed by atoms with E-state index in [2.05, 4.69) is 20.4 Å². The van der Waals surface area contributed by atoms with Gasteiger partial charge in [0, 0.05) is 0 Å². The topological polar surface area (TPSA) is 97.6 Å². The van der Waals surface area contributed by atoms with E-state index in [1.165, 1.54) is 6.07 Å². The number of aromatic amines is 1. The highest BCUT2D eigenvalue weighted by Gasteiger charge is 1.98. The van der Waals surface area contributed by atoms with Crippen LogP contribution in [0.3, 0.4) is 0 Å². The van der Waals surface area contributed by atoms with Gasteiger partial charge in [-0.25, -0.2) is 0 Å². The summed E-state index contributed by atoms with van der Waals surface area (Å²) in [6.45, 7) is 0. The van der Waals surface area contributed by atoms with Gasteiger partial charge in [-0.2, -0.15) is 4.98 Å². The fraction of sp³-hybridized carbons (Fsp3) is 0. The van der Waals surface area contributed by atoms with Gasteiger partial charge in [0.25, 0.3) is 5.56 Å². The Labute approximate surface area is 66.4 Å². The first-order valence-electron chi connectivity index (χ1n) is 3.25. The smallest absolute Gasteiger partial charge is 0.294 e. The molecule has 2 aromatic rings. The fourth-order valence-electron chi connectivity index (χ4n) is 0.830. The molecule has 6 nitrogen and oxygen atoms in total. The number of hydrogen-bond donors (Lipinski definition) is 2. The molecule has 0 atom stereocenters. The lowest BCUT2D eigenvalue weighted by Gasteiger charge is -1.75. The van der Waals surface area contributed by atoms with Gasteiger partial charge in [0.15, 0.2) is 0 Å². The van der Waals surface area contributed by atoms with Crippen LogP contribution in [0.5, 0.6) is 0 Å². The molecule has 3 N–H and O–H groups in total. The Morgan fingerprint density at radius 1 is 1.42 bits per heavy atom. The molecule has 2 heterocycles. The normalized spacial score (nSPS) is 10.3. The maximum Gasteiger partial charge on any atom is 0.294 e. The van der Waals surface area contributed by atoms with Crippen LogP contribution in [0.4, 0.5) is 5.69 Å².